The van der Waals surface area contributed by atoms with Crippen molar-refractivity contribution in [3.05, 3.63) is 58.9 Å². The average Bonchev–Trinajstić information content (AvgIpc) is 3.14. The number of nitrogens with one attached hydrogen (secondary N) is 1. The smallest absolute Gasteiger partial charge is 0.255 e. The van der Waals surface area contributed by atoms with Crippen LogP contribution in [-0.2, 0) is 10.0 Å². The average molecular weight is 376 g/mol. The molecular weight excluding hydrogens is 355 g/mol. The van der Waals surface area contributed by atoms with Crippen LogP contribution in [0, 0.1) is 19.7 Å². The van der Waals surface area contributed by atoms with Gasteiger partial charge in [0.2, 0.25) is 10.0 Å². The van der Waals surface area contributed by atoms with Gasteiger partial charge in [-0.25, -0.2) is 12.8 Å². The van der Waals surface area contributed by atoms with E-state index >= 15 is 0 Å². The fourth-order valence-electron chi connectivity index (χ4n) is 2.99. The van der Waals surface area contributed by atoms with E-state index in [1.54, 1.807) is 6.07 Å². The van der Waals surface area contributed by atoms with Gasteiger partial charge in [0.15, 0.2) is 0 Å². The summed E-state index contributed by atoms with van der Waals surface area (Å²) in [6.45, 7) is 4.57. The molecule has 1 heterocycles. The highest BCUT2D eigenvalue weighted by Crippen LogP contribution is 2.25. The molecular formula is C19H21FN2O3S. The molecule has 1 N–H and O–H groups in total. The Morgan fingerprint density at radius 1 is 1.12 bits per heavy atom. The molecule has 3 rings (SSSR count). The lowest BCUT2D eigenvalue weighted by Crippen LogP contribution is -2.29. The van der Waals surface area contributed by atoms with Crippen LogP contribution in [0.25, 0.3) is 0 Å². The lowest BCUT2D eigenvalue weighted by atomic mass is 10.1. The lowest BCUT2D eigenvalue weighted by Gasteiger charge is -2.17. The number of hydrogen-bond acceptors (Lipinski definition) is 3. The SMILES string of the molecule is Cc1cccc(NC(=O)c2ccc(F)c(S(=O)(=O)N3CCCC3)c2)c1C. The van der Waals surface area contributed by atoms with Gasteiger partial charge in [0.1, 0.15) is 10.7 Å². The Balaban J connectivity index is 1.92. The minimum absolute atomic E-state index is 0.102. The van der Waals surface area contributed by atoms with E-state index < -0.39 is 26.6 Å². The Kier molecular flexibility index (Phi) is 5.11. The summed E-state index contributed by atoms with van der Waals surface area (Å²) in [5.74, 6) is -1.32. The van der Waals surface area contributed by atoms with Gasteiger partial charge in [-0.15, -0.1) is 0 Å². The van der Waals surface area contributed by atoms with Crippen molar-refractivity contribution in [1.82, 2.24) is 4.31 Å². The maximum atomic E-state index is 14.2. The molecule has 0 atom stereocenters. The Labute approximate surface area is 152 Å². The van der Waals surface area contributed by atoms with E-state index in [4.69, 9.17) is 0 Å². The van der Waals surface area contributed by atoms with Crippen molar-refractivity contribution in [2.24, 2.45) is 0 Å². The van der Waals surface area contributed by atoms with Crippen LogP contribution in [0.1, 0.15) is 34.3 Å². The van der Waals surface area contributed by atoms with Gasteiger partial charge in [0, 0.05) is 24.3 Å². The minimum atomic E-state index is -3.93. The molecule has 26 heavy (non-hydrogen) atoms. The van der Waals surface area contributed by atoms with Crippen LogP contribution in [0.2, 0.25) is 0 Å². The summed E-state index contributed by atoms with van der Waals surface area (Å²) in [5.41, 5.74) is 2.69. The van der Waals surface area contributed by atoms with Crippen LogP contribution in [0.4, 0.5) is 10.1 Å². The van der Waals surface area contributed by atoms with Gasteiger partial charge < -0.3 is 5.32 Å². The summed E-state index contributed by atoms with van der Waals surface area (Å²) in [7, 11) is -3.93. The molecule has 0 radical (unpaired) electrons. The standard InChI is InChI=1S/C19H21FN2O3S/c1-13-6-5-7-17(14(13)2)21-19(23)15-8-9-16(20)18(12-15)26(24,25)22-10-3-4-11-22/h5-9,12H,3-4,10-11H2,1-2H3,(H,21,23). The molecule has 1 fully saturated rings. The van der Waals surface area contributed by atoms with Crippen LogP contribution in [0.3, 0.4) is 0 Å². The number of nitrogens with zero attached hydrogens (tertiary/aromatic N) is 1. The third-order valence-electron chi connectivity index (χ3n) is 4.73. The summed E-state index contributed by atoms with van der Waals surface area (Å²) in [6, 6.07) is 8.96. The topological polar surface area (TPSA) is 66.5 Å². The monoisotopic (exact) mass is 376 g/mol. The van der Waals surface area contributed by atoms with Crippen molar-refractivity contribution < 1.29 is 17.6 Å². The molecule has 0 unspecified atom stereocenters. The molecule has 0 aromatic heterocycles. The quantitative estimate of drug-likeness (QED) is 0.888. The van der Waals surface area contributed by atoms with E-state index in [0.29, 0.717) is 18.8 Å². The molecule has 2 aromatic rings. The van der Waals surface area contributed by atoms with Crippen LogP contribution < -0.4 is 5.32 Å². The van der Waals surface area contributed by atoms with E-state index in [9.17, 15) is 17.6 Å². The van der Waals surface area contributed by atoms with Crippen molar-refractivity contribution in [2.45, 2.75) is 31.6 Å². The number of rotatable bonds is 4. The zero-order valence-corrected chi connectivity index (χ0v) is 15.6. The zero-order valence-electron chi connectivity index (χ0n) is 14.8. The van der Waals surface area contributed by atoms with Gasteiger partial charge in [-0.05, 0) is 62.1 Å². The Morgan fingerprint density at radius 3 is 2.50 bits per heavy atom. The van der Waals surface area contributed by atoms with Crippen LogP contribution in [0.15, 0.2) is 41.3 Å². The molecule has 1 amide bonds. The zero-order chi connectivity index (χ0) is 18.9. The largest absolute Gasteiger partial charge is 0.322 e. The lowest BCUT2D eigenvalue weighted by molar-refractivity contribution is 0.102. The second-order valence-corrected chi connectivity index (χ2v) is 8.36. The molecule has 0 bridgehead atoms. The van der Waals surface area contributed by atoms with Crippen LogP contribution >= 0.6 is 0 Å². The Morgan fingerprint density at radius 2 is 1.81 bits per heavy atom. The number of halogens is 1. The van der Waals surface area contributed by atoms with Gasteiger partial charge in [-0.2, -0.15) is 4.31 Å². The van der Waals surface area contributed by atoms with Crippen molar-refractivity contribution >= 4 is 21.6 Å². The van der Waals surface area contributed by atoms with Crippen molar-refractivity contribution in [2.75, 3.05) is 18.4 Å². The highest BCUT2D eigenvalue weighted by Gasteiger charge is 2.30. The fourth-order valence-corrected chi connectivity index (χ4v) is 4.60. The summed E-state index contributed by atoms with van der Waals surface area (Å²) in [5, 5.41) is 2.77. The number of amides is 1. The minimum Gasteiger partial charge on any atom is -0.322 e. The number of carbonyl (C=O) groups excluding carboxylic acids is 1. The van der Waals surface area contributed by atoms with E-state index in [1.165, 1.54) is 10.4 Å². The van der Waals surface area contributed by atoms with E-state index in [0.717, 1.165) is 36.1 Å². The maximum absolute atomic E-state index is 14.2. The first-order valence-corrected chi connectivity index (χ1v) is 9.92. The third-order valence-corrected chi connectivity index (χ3v) is 6.64. The number of sulfonamides is 1. The number of aryl methyl sites for hydroxylation is 1. The highest BCUT2D eigenvalue weighted by atomic mass is 32.2. The van der Waals surface area contributed by atoms with Gasteiger partial charge in [-0.3, -0.25) is 4.79 Å². The molecule has 1 aliphatic heterocycles. The number of benzene rings is 2. The number of anilines is 1. The first-order valence-electron chi connectivity index (χ1n) is 8.48. The van der Waals surface area contributed by atoms with Crippen molar-refractivity contribution in [3.63, 3.8) is 0 Å². The van der Waals surface area contributed by atoms with Crippen molar-refractivity contribution in [3.8, 4) is 0 Å². The number of hydrogen-bond donors (Lipinski definition) is 1. The predicted molar refractivity (Wildman–Crippen MR) is 98.3 cm³/mol. The molecule has 0 saturated carbocycles. The summed E-state index contributed by atoms with van der Waals surface area (Å²) in [6.07, 6.45) is 1.52. The molecule has 7 heteroatoms. The summed E-state index contributed by atoms with van der Waals surface area (Å²) >= 11 is 0. The highest BCUT2D eigenvalue weighted by molar-refractivity contribution is 7.89. The first-order chi connectivity index (χ1) is 12.3. The molecule has 2 aromatic carbocycles. The van der Waals surface area contributed by atoms with E-state index in [-0.39, 0.29) is 5.56 Å². The number of carbonyl (C=O) groups is 1. The second kappa shape index (κ2) is 7.17. The summed E-state index contributed by atoms with van der Waals surface area (Å²) in [4.78, 5) is 12.1. The normalized spacial score (nSPS) is 15.2. The molecule has 0 aliphatic carbocycles. The van der Waals surface area contributed by atoms with Gasteiger partial charge >= 0.3 is 0 Å². The van der Waals surface area contributed by atoms with Crippen molar-refractivity contribution in [1.29, 1.82) is 0 Å². The van der Waals surface area contributed by atoms with Gasteiger partial charge in [0.05, 0.1) is 0 Å². The van der Waals surface area contributed by atoms with Gasteiger partial charge in [0.25, 0.3) is 5.91 Å². The third kappa shape index (κ3) is 3.50. The second-order valence-electron chi connectivity index (χ2n) is 6.46. The van der Waals surface area contributed by atoms with E-state index in [2.05, 4.69) is 5.32 Å². The Bertz CT molecular complexity index is 951. The molecule has 5 nitrogen and oxygen atoms in total. The van der Waals surface area contributed by atoms with Crippen LogP contribution in [0.5, 0.6) is 0 Å². The van der Waals surface area contributed by atoms with Crippen LogP contribution in [-0.4, -0.2) is 31.7 Å². The van der Waals surface area contributed by atoms with E-state index in [1.807, 2.05) is 26.0 Å². The van der Waals surface area contributed by atoms with Gasteiger partial charge in [-0.1, -0.05) is 12.1 Å². The maximum Gasteiger partial charge on any atom is 0.255 e. The fraction of sp³-hybridized carbons (Fsp3) is 0.316. The Hall–Kier alpha value is -2.25. The molecule has 1 saturated heterocycles. The molecule has 0 spiro atoms. The molecule has 1 aliphatic rings. The first kappa shape index (κ1) is 18.5. The molecule has 138 valence electrons. The summed E-state index contributed by atoms with van der Waals surface area (Å²) < 4.78 is 40.7. The predicted octanol–water partition coefficient (Wildman–Crippen LogP) is 3.48.